The smallest absolute Gasteiger partial charge is 0.330 e. The van der Waals surface area contributed by atoms with Crippen LogP contribution in [0, 0.1) is 5.41 Å². The van der Waals surface area contributed by atoms with Crippen molar-refractivity contribution in [2.45, 2.75) is 0 Å². The van der Waals surface area contributed by atoms with Crippen molar-refractivity contribution in [2.75, 3.05) is 7.11 Å². The van der Waals surface area contributed by atoms with Gasteiger partial charge in [-0.1, -0.05) is 0 Å². The van der Waals surface area contributed by atoms with Crippen molar-refractivity contribution in [3.8, 4) is 0 Å². The molecule has 0 unspecified atom stereocenters. The van der Waals surface area contributed by atoms with E-state index in [2.05, 4.69) is 17.0 Å². The topological polar surface area (TPSA) is 87.5 Å². The largest absolute Gasteiger partial charge is 0.478 e. The highest BCUT2D eigenvalue weighted by Crippen LogP contribution is 1.76. The number of thiocarbonyl (C=S) groups is 1. The van der Waals surface area contributed by atoms with E-state index in [9.17, 15) is 9.59 Å². The van der Waals surface area contributed by atoms with Gasteiger partial charge in [0.05, 0.1) is 12.3 Å². The Labute approximate surface area is 74.2 Å². The molecule has 66 valence electrons. The minimum absolute atomic E-state index is 0.669. The van der Waals surface area contributed by atoms with Crippen LogP contribution in [0.2, 0.25) is 0 Å². The van der Waals surface area contributed by atoms with Crippen molar-refractivity contribution < 1.29 is 19.4 Å². The fourth-order valence-corrected chi connectivity index (χ4v) is 0.207. The molecule has 0 saturated carbocycles. The first-order valence-corrected chi connectivity index (χ1v) is 3.02. The van der Waals surface area contributed by atoms with Gasteiger partial charge >= 0.3 is 11.9 Å². The van der Waals surface area contributed by atoms with E-state index in [4.69, 9.17) is 10.5 Å². The maximum atomic E-state index is 10.1. The third-order valence-corrected chi connectivity index (χ3v) is 0.563. The molecule has 0 aromatic rings. The number of carbonyl (C=O) groups is 2. The number of carbonyl (C=O) groups excluding carboxylic acids is 1. The predicted octanol–water partition coefficient (Wildman–Crippen LogP) is 0.468. The summed E-state index contributed by atoms with van der Waals surface area (Å²) in [6, 6.07) is 0. The normalized spacial score (nSPS) is 7.75. The van der Waals surface area contributed by atoms with Gasteiger partial charge in [0, 0.05) is 12.2 Å². The molecule has 0 saturated heterocycles. The summed E-state index contributed by atoms with van der Waals surface area (Å²) in [7, 11) is 1.18. The zero-order valence-electron chi connectivity index (χ0n) is 6.23. The fraction of sp³-hybridized carbons (Fsp3) is 0.167. The fourth-order valence-electron chi connectivity index (χ4n) is 0.207. The first kappa shape index (κ1) is 13.1. The number of carboxylic acid groups (broad SMARTS) is 1. The number of rotatable bonds is 2. The van der Waals surface area contributed by atoms with E-state index in [1.165, 1.54) is 7.11 Å². The molecule has 0 rings (SSSR count). The van der Waals surface area contributed by atoms with Crippen molar-refractivity contribution in [1.29, 1.82) is 5.41 Å². The van der Waals surface area contributed by atoms with Crippen molar-refractivity contribution in [3.63, 3.8) is 0 Å². The molecule has 0 radical (unpaired) electrons. The molecule has 0 fully saturated rings. The monoisotopic (exact) mass is 189 g/mol. The van der Waals surface area contributed by atoms with Crippen molar-refractivity contribution >= 4 is 29.3 Å². The van der Waals surface area contributed by atoms with Crippen LogP contribution in [0.15, 0.2) is 12.2 Å². The molecule has 0 aromatic carbocycles. The van der Waals surface area contributed by atoms with E-state index in [1.54, 1.807) is 5.16 Å². The van der Waals surface area contributed by atoms with E-state index in [-0.39, 0.29) is 0 Å². The minimum atomic E-state index is -1.17. The van der Waals surface area contributed by atoms with Crippen molar-refractivity contribution in [1.82, 2.24) is 0 Å². The maximum Gasteiger partial charge on any atom is 0.330 e. The average molecular weight is 189 g/mol. The maximum absolute atomic E-state index is 10.1. The number of hydrogen-bond acceptors (Lipinski definition) is 5. The van der Waals surface area contributed by atoms with E-state index in [0.29, 0.717) is 6.08 Å². The van der Waals surface area contributed by atoms with Gasteiger partial charge < -0.3 is 9.84 Å². The highest BCUT2D eigenvalue weighted by atomic mass is 32.1. The standard InChI is InChI=1S/C5H6O4.CHNS/c1-9-5(8)3-2-4(6)7;2-1-3/h2-3H,1H3,(H,6,7);2H/b3-2+;. The second kappa shape index (κ2) is 9.48. The van der Waals surface area contributed by atoms with Crippen LogP contribution in [0.4, 0.5) is 0 Å². The van der Waals surface area contributed by atoms with Gasteiger partial charge in [0.2, 0.25) is 0 Å². The number of aliphatic carboxylic acids is 1. The second-order valence-electron chi connectivity index (χ2n) is 1.30. The SMILES string of the molecule is COC(=O)/C=C/C(=O)O.N=C=S. The Balaban J connectivity index is 0. The molecule has 6 heteroatoms. The van der Waals surface area contributed by atoms with Crippen LogP contribution in [0.3, 0.4) is 0 Å². The number of esters is 1. The van der Waals surface area contributed by atoms with Crippen LogP contribution in [0.25, 0.3) is 0 Å². The van der Waals surface area contributed by atoms with Gasteiger partial charge in [0.1, 0.15) is 0 Å². The Morgan fingerprint density at radius 1 is 1.58 bits per heavy atom. The lowest BCUT2D eigenvalue weighted by Gasteiger charge is -1.85. The third-order valence-electron chi connectivity index (χ3n) is 0.563. The lowest BCUT2D eigenvalue weighted by molar-refractivity contribution is -0.136. The van der Waals surface area contributed by atoms with Crippen LogP contribution in [0.5, 0.6) is 0 Å². The molecule has 0 aliphatic heterocycles. The van der Waals surface area contributed by atoms with Crippen molar-refractivity contribution in [2.24, 2.45) is 0 Å². The molecule has 0 aromatic heterocycles. The van der Waals surface area contributed by atoms with E-state index in [1.807, 2.05) is 0 Å². The van der Waals surface area contributed by atoms with Gasteiger partial charge in [0.15, 0.2) is 0 Å². The molecule has 12 heavy (non-hydrogen) atoms. The van der Waals surface area contributed by atoms with Gasteiger partial charge in [0.25, 0.3) is 0 Å². The summed E-state index contributed by atoms with van der Waals surface area (Å²) < 4.78 is 4.11. The molecule has 0 bridgehead atoms. The molecule has 0 aliphatic carbocycles. The van der Waals surface area contributed by atoms with Crippen LogP contribution < -0.4 is 0 Å². The first-order valence-electron chi connectivity index (χ1n) is 2.61. The quantitative estimate of drug-likeness (QED) is 0.285. The Hall–Kier alpha value is -1.52. The highest BCUT2D eigenvalue weighted by molar-refractivity contribution is 7.78. The second-order valence-corrected chi connectivity index (χ2v) is 1.50. The van der Waals surface area contributed by atoms with Gasteiger partial charge in [-0.2, -0.15) is 0 Å². The number of carboxylic acids is 1. The van der Waals surface area contributed by atoms with Crippen molar-refractivity contribution in [3.05, 3.63) is 12.2 Å². The zero-order valence-corrected chi connectivity index (χ0v) is 7.05. The Kier molecular flexibility index (Phi) is 10.3. The van der Waals surface area contributed by atoms with Gasteiger partial charge in [-0.3, -0.25) is 0 Å². The molecular weight excluding hydrogens is 182 g/mol. The number of hydrogen-bond donors (Lipinski definition) is 2. The van der Waals surface area contributed by atoms with Crippen LogP contribution in [-0.4, -0.2) is 29.3 Å². The third kappa shape index (κ3) is 15.8. The summed E-state index contributed by atoms with van der Waals surface area (Å²) >= 11 is 3.81. The summed E-state index contributed by atoms with van der Waals surface area (Å²) in [5.41, 5.74) is 0. The predicted molar refractivity (Wildman–Crippen MR) is 44.1 cm³/mol. The Bertz CT molecular complexity index is 218. The van der Waals surface area contributed by atoms with Gasteiger partial charge in [-0.15, -0.1) is 0 Å². The Morgan fingerprint density at radius 3 is 2.25 bits per heavy atom. The van der Waals surface area contributed by atoms with Crippen LogP contribution in [-0.2, 0) is 14.3 Å². The van der Waals surface area contributed by atoms with Crippen LogP contribution >= 0.6 is 12.2 Å². The van der Waals surface area contributed by atoms with Gasteiger partial charge in [-0.05, 0) is 12.2 Å². The molecular formula is C6H7NO4S. The molecule has 0 heterocycles. The van der Waals surface area contributed by atoms with E-state index < -0.39 is 11.9 Å². The number of nitrogens with one attached hydrogen (secondary N) is 1. The lowest BCUT2D eigenvalue weighted by Crippen LogP contribution is -1.96. The summed E-state index contributed by atoms with van der Waals surface area (Å²) in [5.74, 6) is -1.84. The Morgan fingerprint density at radius 2 is 2.00 bits per heavy atom. The average Bonchev–Trinajstić information content (AvgIpc) is 2.01. The molecule has 0 amide bonds. The zero-order chi connectivity index (χ0) is 9.98. The van der Waals surface area contributed by atoms with E-state index in [0.717, 1.165) is 6.08 Å². The lowest BCUT2D eigenvalue weighted by atomic mass is 10.5. The van der Waals surface area contributed by atoms with E-state index >= 15 is 0 Å². The van der Waals surface area contributed by atoms with Gasteiger partial charge in [-0.25, -0.2) is 15.0 Å². The number of methoxy groups -OCH3 is 1. The molecule has 5 nitrogen and oxygen atoms in total. The highest BCUT2D eigenvalue weighted by Gasteiger charge is 1.91. The summed E-state index contributed by atoms with van der Waals surface area (Å²) in [6.07, 6.45) is 1.55. The minimum Gasteiger partial charge on any atom is -0.478 e. The van der Waals surface area contributed by atoms with Crippen LogP contribution in [0.1, 0.15) is 0 Å². The number of isothiocyanates is 1. The summed E-state index contributed by atoms with van der Waals surface area (Å²) in [6.45, 7) is 0. The molecule has 2 N–H and O–H groups in total. The first-order chi connectivity index (χ1) is 5.58. The molecule has 0 spiro atoms. The summed E-state index contributed by atoms with van der Waals surface area (Å²) in [4.78, 5) is 19.9. The number of ether oxygens (including phenoxy) is 1. The summed E-state index contributed by atoms with van der Waals surface area (Å²) in [5, 5.41) is 15.3. The molecule has 0 atom stereocenters. The molecule has 0 aliphatic rings.